The molecule has 22 heteroatoms. The second-order valence-electron chi connectivity index (χ2n) is 19.5. The molecule has 0 aliphatic carbocycles. The zero-order valence-corrected chi connectivity index (χ0v) is 44.4. The predicted octanol–water partition coefficient (Wildman–Crippen LogP) is 0.238. The van der Waals surface area contributed by atoms with E-state index >= 15 is 0 Å². The van der Waals surface area contributed by atoms with E-state index in [1.165, 1.54) is 32.1 Å². The maximum absolute atomic E-state index is 14.3. The van der Waals surface area contributed by atoms with Gasteiger partial charge in [-0.3, -0.25) is 38.4 Å². The molecule has 73 heavy (non-hydrogen) atoms. The van der Waals surface area contributed by atoms with Crippen LogP contribution in [0.5, 0.6) is 0 Å². The quantitative estimate of drug-likeness (QED) is 0.0374. The van der Waals surface area contributed by atoms with Gasteiger partial charge in [0, 0.05) is 6.54 Å². The van der Waals surface area contributed by atoms with Gasteiger partial charge in [0.1, 0.15) is 36.3 Å². The van der Waals surface area contributed by atoms with Gasteiger partial charge in [0.25, 0.3) is 0 Å². The lowest BCUT2D eigenvalue weighted by atomic mass is 10.0. The minimum Gasteiger partial charge on any atom is -0.393 e. The number of nitrogens with one attached hydrogen (secondary N) is 8. The maximum atomic E-state index is 14.3. The number of rotatable bonds is 36. The minimum atomic E-state index is -1.22. The molecule has 0 radical (unpaired) electrons. The molecule has 1 fully saturated rings. The van der Waals surface area contributed by atoms with Crippen molar-refractivity contribution in [1.29, 1.82) is 0 Å². The number of hydrogen-bond donors (Lipinski definition) is 14. The van der Waals surface area contributed by atoms with Crippen molar-refractivity contribution >= 4 is 47.3 Å². The fourth-order valence-electron chi connectivity index (χ4n) is 8.58. The molecule has 1 aliphatic heterocycles. The first kappa shape index (κ1) is 66.5. The summed E-state index contributed by atoms with van der Waals surface area (Å²) in [5.74, 6) is -4.87. The number of carbonyl (C=O) groups is 8. The fourth-order valence-corrected chi connectivity index (χ4v) is 8.58. The van der Waals surface area contributed by atoms with Gasteiger partial charge < -0.3 is 76.3 Å². The summed E-state index contributed by atoms with van der Waals surface area (Å²) in [5, 5.41) is 32.5. The van der Waals surface area contributed by atoms with E-state index in [2.05, 4.69) is 49.5 Å². The van der Waals surface area contributed by atoms with Crippen LogP contribution in [0.15, 0.2) is 0 Å². The van der Waals surface area contributed by atoms with E-state index in [9.17, 15) is 43.5 Å². The molecule has 22 nitrogen and oxygen atoms in total. The van der Waals surface area contributed by atoms with Crippen molar-refractivity contribution in [1.82, 2.24) is 42.5 Å². The molecule has 0 spiro atoms. The number of hydrogen-bond acceptors (Lipinski definition) is 14. The van der Waals surface area contributed by atoms with E-state index in [1.54, 1.807) is 0 Å². The first-order chi connectivity index (χ1) is 35.2. The average Bonchev–Trinajstić information content (AvgIpc) is 3.36. The molecule has 19 N–H and O–H groups in total. The van der Waals surface area contributed by atoms with Crippen molar-refractivity contribution in [2.45, 2.75) is 229 Å². The topological polar surface area (TPSA) is 383 Å². The van der Waals surface area contributed by atoms with E-state index in [0.717, 1.165) is 25.7 Å². The lowest BCUT2D eigenvalue weighted by molar-refractivity contribution is -0.135. The molecule has 1 aliphatic rings. The monoisotopic (exact) mass is 1040 g/mol. The Morgan fingerprint density at radius 1 is 0.534 bits per heavy atom. The third kappa shape index (κ3) is 31.8. The van der Waals surface area contributed by atoms with Crippen LogP contribution in [0.2, 0.25) is 0 Å². The Kier molecular flexibility index (Phi) is 39.0. The summed E-state index contributed by atoms with van der Waals surface area (Å²) >= 11 is 0. The molecule has 0 aromatic carbocycles. The molecule has 0 aromatic heterocycles. The summed E-state index contributed by atoms with van der Waals surface area (Å²) in [6.07, 6.45) is 15.8. The van der Waals surface area contributed by atoms with Crippen molar-refractivity contribution in [3.05, 3.63) is 0 Å². The Balaban J connectivity index is 3.36. The number of nitrogens with two attached hydrogens (primary N) is 5. The number of carbonyl (C=O) groups excluding carboxylic acids is 8. The van der Waals surface area contributed by atoms with Crippen LogP contribution < -0.4 is 71.2 Å². The first-order valence-electron chi connectivity index (χ1n) is 27.8. The summed E-state index contributed by atoms with van der Waals surface area (Å²) in [7, 11) is 0. The lowest BCUT2D eigenvalue weighted by Crippen LogP contribution is -2.59. The van der Waals surface area contributed by atoms with Crippen LogP contribution in [-0.4, -0.2) is 141 Å². The molecule has 422 valence electrons. The Hall–Kier alpha value is -4.48. The maximum Gasteiger partial charge on any atom is 0.243 e. The van der Waals surface area contributed by atoms with Crippen LogP contribution in [0.4, 0.5) is 0 Å². The highest BCUT2D eigenvalue weighted by Crippen LogP contribution is 2.14. The number of amides is 8. The Morgan fingerprint density at radius 2 is 0.973 bits per heavy atom. The summed E-state index contributed by atoms with van der Waals surface area (Å²) in [5.41, 5.74) is 28.9. The summed E-state index contributed by atoms with van der Waals surface area (Å²) in [4.78, 5) is 110. The van der Waals surface area contributed by atoms with E-state index in [-0.39, 0.29) is 58.0 Å². The van der Waals surface area contributed by atoms with Crippen LogP contribution in [0.25, 0.3) is 0 Å². The molecular weight excluding hydrogens is 939 g/mol. The molecule has 1 heterocycles. The van der Waals surface area contributed by atoms with Gasteiger partial charge in [-0.15, -0.1) is 0 Å². The number of aliphatic hydroxyl groups excluding tert-OH is 1. The van der Waals surface area contributed by atoms with Gasteiger partial charge in [-0.2, -0.15) is 0 Å². The van der Waals surface area contributed by atoms with Gasteiger partial charge in [0.05, 0.1) is 19.1 Å². The number of unbranched alkanes of at least 4 members (excludes halogenated alkanes) is 12. The van der Waals surface area contributed by atoms with Crippen molar-refractivity contribution in [3.8, 4) is 0 Å². The van der Waals surface area contributed by atoms with E-state index in [1.807, 2.05) is 0 Å². The Labute approximate surface area is 435 Å². The molecule has 0 aromatic rings. The van der Waals surface area contributed by atoms with Gasteiger partial charge in [0.15, 0.2) is 0 Å². The third-order valence-electron chi connectivity index (χ3n) is 13.0. The Morgan fingerprint density at radius 3 is 1.44 bits per heavy atom. The van der Waals surface area contributed by atoms with Crippen LogP contribution in [-0.2, 0) is 38.4 Å². The molecule has 0 saturated carbocycles. The third-order valence-corrected chi connectivity index (χ3v) is 13.0. The normalized spacial score (nSPS) is 20.4. The second kappa shape index (κ2) is 42.8. The largest absolute Gasteiger partial charge is 0.393 e. The molecule has 7 atom stereocenters. The zero-order chi connectivity index (χ0) is 54.1. The highest BCUT2D eigenvalue weighted by atomic mass is 16.3. The van der Waals surface area contributed by atoms with Crippen molar-refractivity contribution in [2.75, 3.05) is 45.8 Å². The minimum absolute atomic E-state index is 0.0604. The smallest absolute Gasteiger partial charge is 0.243 e. The standard InChI is InChI=1S/C51H99N13O9/c1-2-3-4-5-6-7-8-9-10-22-37(65)35-44(66)58-36-45(67)59-39(28-21-33-56)47(69)61-43-27-15-20-34-57-46(68)38(23-11-16-29-52)60-48(70)40(24-12-17-30-53)62-49(71)41(25-13-18-31-54)63-50(72)42(64-51(43)73)26-14-19-32-55/h37-43,65H,2-36,52-56H2,1H3,(H,57,68)(H,58,66)(H,59,67)(H,60,70)(H,61,69)(H,62,71)(H,63,72)(H,64,73)/t37-,38?,39+,40-,41-,42?,43?/m1/s1. The van der Waals surface area contributed by atoms with Crippen molar-refractivity contribution in [3.63, 3.8) is 0 Å². The SMILES string of the molecule is CCCCCCCCCCC[C@@H](O)CC(=O)NCC(=O)N[C@@H](CCCN)C(=O)NC1CCCCNC(=O)C(CCCCN)NC(=O)[C@@H](CCCCN)NC(=O)[C@@H](CCCCN)NC(=O)C(CCCCN)NC1=O. The van der Waals surface area contributed by atoms with Crippen molar-refractivity contribution in [2.24, 2.45) is 28.7 Å². The van der Waals surface area contributed by atoms with E-state index in [4.69, 9.17) is 28.7 Å². The highest BCUT2D eigenvalue weighted by molar-refractivity contribution is 5.97. The highest BCUT2D eigenvalue weighted by Gasteiger charge is 2.33. The lowest BCUT2D eigenvalue weighted by Gasteiger charge is -2.28. The van der Waals surface area contributed by atoms with Gasteiger partial charge in [-0.05, 0) is 148 Å². The molecule has 0 bridgehead atoms. The average molecular weight is 1040 g/mol. The molecule has 3 unspecified atom stereocenters. The Bertz CT molecular complexity index is 1580. The van der Waals surface area contributed by atoms with Crippen LogP contribution >= 0.6 is 0 Å². The van der Waals surface area contributed by atoms with Crippen LogP contribution in [0, 0.1) is 0 Å². The van der Waals surface area contributed by atoms with Gasteiger partial charge >= 0.3 is 0 Å². The molecular formula is C51H99N13O9. The summed E-state index contributed by atoms with van der Waals surface area (Å²) in [6.45, 7) is 3.51. The van der Waals surface area contributed by atoms with Gasteiger partial charge in [0.2, 0.25) is 47.3 Å². The van der Waals surface area contributed by atoms with E-state index in [0.29, 0.717) is 103 Å². The number of aliphatic hydroxyl groups is 1. The van der Waals surface area contributed by atoms with Crippen LogP contribution in [0.3, 0.4) is 0 Å². The zero-order valence-electron chi connectivity index (χ0n) is 44.4. The molecule has 1 rings (SSSR count). The van der Waals surface area contributed by atoms with Crippen LogP contribution in [0.1, 0.15) is 187 Å². The van der Waals surface area contributed by atoms with Gasteiger partial charge in [-0.25, -0.2) is 0 Å². The van der Waals surface area contributed by atoms with E-state index < -0.39 is 96.2 Å². The molecule has 1 saturated heterocycles. The predicted molar refractivity (Wildman–Crippen MR) is 284 cm³/mol. The summed E-state index contributed by atoms with van der Waals surface area (Å²) < 4.78 is 0. The van der Waals surface area contributed by atoms with Crippen molar-refractivity contribution < 1.29 is 43.5 Å². The fraction of sp³-hybridized carbons (Fsp3) is 0.843. The van der Waals surface area contributed by atoms with Gasteiger partial charge in [-0.1, -0.05) is 64.7 Å². The first-order valence-corrected chi connectivity index (χ1v) is 27.8. The second-order valence-corrected chi connectivity index (χ2v) is 19.5. The molecule has 8 amide bonds. The summed E-state index contributed by atoms with van der Waals surface area (Å²) in [6, 6.07) is -6.68.